The number of hydrogen-bond acceptors (Lipinski definition) is 3. The summed E-state index contributed by atoms with van der Waals surface area (Å²) < 4.78 is 37.7. The number of carbonyl (C=O) groups is 1. The van der Waals surface area contributed by atoms with Gasteiger partial charge in [-0.15, -0.1) is 0 Å². The number of aryl methyl sites for hydroxylation is 1. The molecule has 2 aromatic rings. The van der Waals surface area contributed by atoms with Gasteiger partial charge >= 0.3 is 12.1 Å². The van der Waals surface area contributed by atoms with Crippen molar-refractivity contribution in [2.45, 2.75) is 13.1 Å². The second-order valence-electron chi connectivity index (χ2n) is 4.37. The molecule has 2 rings (SSSR count). The van der Waals surface area contributed by atoms with Crippen molar-refractivity contribution >= 4 is 17.5 Å². The monoisotopic (exact) mass is 296 g/mol. The summed E-state index contributed by atoms with van der Waals surface area (Å²) in [6, 6.07) is 7.95. The number of nitrogens with zero attached hydrogens (tertiary/aromatic N) is 1. The SMILES string of the molecule is Cc1ccc(Nc2cccc(C(F)(F)F)n2)cc1C(=O)O. The fourth-order valence-corrected chi connectivity index (χ4v) is 1.74. The summed E-state index contributed by atoms with van der Waals surface area (Å²) in [5, 5.41) is 11.7. The molecule has 0 saturated heterocycles. The van der Waals surface area contributed by atoms with Crippen molar-refractivity contribution in [2.75, 3.05) is 5.32 Å². The number of rotatable bonds is 3. The van der Waals surface area contributed by atoms with Gasteiger partial charge in [0.25, 0.3) is 0 Å². The first-order valence-electron chi connectivity index (χ1n) is 5.92. The number of aromatic nitrogens is 1. The molecule has 1 heterocycles. The van der Waals surface area contributed by atoms with Gasteiger partial charge in [-0.3, -0.25) is 0 Å². The Labute approximate surface area is 118 Å². The van der Waals surface area contributed by atoms with E-state index in [0.29, 0.717) is 11.3 Å². The summed E-state index contributed by atoms with van der Waals surface area (Å²) in [6.45, 7) is 1.63. The highest BCUT2D eigenvalue weighted by Gasteiger charge is 2.32. The number of hydrogen-bond donors (Lipinski definition) is 2. The Morgan fingerprint density at radius 2 is 1.95 bits per heavy atom. The first-order chi connectivity index (χ1) is 9.77. The van der Waals surface area contributed by atoms with Gasteiger partial charge < -0.3 is 10.4 Å². The number of aromatic carboxylic acids is 1. The number of halogens is 3. The Bertz CT molecular complexity index is 684. The molecule has 110 valence electrons. The Balaban J connectivity index is 2.31. The van der Waals surface area contributed by atoms with Gasteiger partial charge in [-0.25, -0.2) is 9.78 Å². The molecule has 0 radical (unpaired) electrons. The highest BCUT2D eigenvalue weighted by molar-refractivity contribution is 5.90. The maximum atomic E-state index is 12.6. The van der Waals surface area contributed by atoms with Crippen LogP contribution in [0.3, 0.4) is 0 Å². The fraction of sp³-hybridized carbons (Fsp3) is 0.143. The van der Waals surface area contributed by atoms with Gasteiger partial charge in [0.1, 0.15) is 11.5 Å². The number of benzene rings is 1. The second-order valence-corrected chi connectivity index (χ2v) is 4.37. The third-order valence-corrected chi connectivity index (χ3v) is 2.78. The van der Waals surface area contributed by atoms with E-state index < -0.39 is 17.8 Å². The minimum Gasteiger partial charge on any atom is -0.478 e. The highest BCUT2D eigenvalue weighted by Crippen LogP contribution is 2.29. The molecule has 0 bridgehead atoms. The van der Waals surface area contributed by atoms with Gasteiger partial charge in [0.05, 0.1) is 5.56 Å². The Hall–Kier alpha value is -2.57. The second kappa shape index (κ2) is 5.43. The standard InChI is InChI=1S/C14H11F3N2O2/c1-8-5-6-9(7-10(8)13(20)21)18-12-4-2-3-11(19-12)14(15,16)17/h2-7H,1H3,(H,18,19)(H,20,21). The number of anilines is 2. The molecule has 0 unspecified atom stereocenters. The molecule has 0 saturated carbocycles. The molecule has 0 aliphatic heterocycles. The van der Waals surface area contributed by atoms with Crippen LogP contribution in [0.1, 0.15) is 21.6 Å². The van der Waals surface area contributed by atoms with Crippen molar-refractivity contribution in [1.82, 2.24) is 4.98 Å². The number of carboxylic acids is 1. The lowest BCUT2D eigenvalue weighted by Gasteiger charge is -2.10. The van der Waals surface area contributed by atoms with Crippen LogP contribution in [0.25, 0.3) is 0 Å². The van der Waals surface area contributed by atoms with Crippen molar-refractivity contribution in [3.05, 3.63) is 53.2 Å². The molecule has 0 fully saturated rings. The number of alkyl halides is 3. The molecule has 2 N–H and O–H groups in total. The van der Waals surface area contributed by atoms with Crippen LogP contribution < -0.4 is 5.32 Å². The zero-order valence-electron chi connectivity index (χ0n) is 10.9. The zero-order chi connectivity index (χ0) is 15.6. The number of carboxylic acid groups (broad SMARTS) is 1. The Kier molecular flexibility index (Phi) is 3.84. The Morgan fingerprint density at radius 3 is 2.57 bits per heavy atom. The van der Waals surface area contributed by atoms with Crippen LogP contribution in [-0.4, -0.2) is 16.1 Å². The predicted octanol–water partition coefficient (Wildman–Crippen LogP) is 3.85. The van der Waals surface area contributed by atoms with Crippen LogP contribution in [0.4, 0.5) is 24.7 Å². The van der Waals surface area contributed by atoms with Gasteiger partial charge in [0.15, 0.2) is 0 Å². The lowest BCUT2D eigenvalue weighted by molar-refractivity contribution is -0.141. The molecule has 0 aliphatic carbocycles. The van der Waals surface area contributed by atoms with E-state index in [1.807, 2.05) is 0 Å². The lowest BCUT2D eigenvalue weighted by Crippen LogP contribution is -2.09. The molecular weight excluding hydrogens is 285 g/mol. The highest BCUT2D eigenvalue weighted by atomic mass is 19.4. The van der Waals surface area contributed by atoms with Gasteiger partial charge in [-0.2, -0.15) is 13.2 Å². The van der Waals surface area contributed by atoms with Gasteiger partial charge in [-0.05, 0) is 36.8 Å². The van der Waals surface area contributed by atoms with Crippen molar-refractivity contribution in [2.24, 2.45) is 0 Å². The van der Waals surface area contributed by atoms with E-state index in [-0.39, 0.29) is 11.4 Å². The van der Waals surface area contributed by atoms with Crippen LogP contribution in [-0.2, 0) is 6.18 Å². The zero-order valence-corrected chi connectivity index (χ0v) is 10.9. The number of pyridine rings is 1. The van der Waals surface area contributed by atoms with Gasteiger partial charge in [-0.1, -0.05) is 12.1 Å². The molecule has 0 amide bonds. The predicted molar refractivity (Wildman–Crippen MR) is 70.7 cm³/mol. The maximum absolute atomic E-state index is 12.6. The molecule has 0 aliphatic rings. The van der Waals surface area contributed by atoms with Crippen molar-refractivity contribution in [3.63, 3.8) is 0 Å². The van der Waals surface area contributed by atoms with E-state index in [2.05, 4.69) is 10.3 Å². The summed E-state index contributed by atoms with van der Waals surface area (Å²) >= 11 is 0. The Morgan fingerprint density at radius 1 is 1.24 bits per heavy atom. The first kappa shape index (κ1) is 14.8. The van der Waals surface area contributed by atoms with E-state index in [1.54, 1.807) is 19.1 Å². The minimum absolute atomic E-state index is 0.00924. The van der Waals surface area contributed by atoms with Crippen LogP contribution in [0.15, 0.2) is 36.4 Å². The molecular formula is C14H11F3N2O2. The molecule has 0 atom stereocenters. The van der Waals surface area contributed by atoms with Crippen LogP contribution >= 0.6 is 0 Å². The topological polar surface area (TPSA) is 62.2 Å². The number of nitrogens with one attached hydrogen (secondary N) is 1. The minimum atomic E-state index is -4.53. The normalized spacial score (nSPS) is 11.2. The lowest BCUT2D eigenvalue weighted by atomic mass is 10.1. The molecule has 4 nitrogen and oxygen atoms in total. The van der Waals surface area contributed by atoms with E-state index in [4.69, 9.17) is 5.11 Å². The van der Waals surface area contributed by atoms with Gasteiger partial charge in [0.2, 0.25) is 0 Å². The van der Waals surface area contributed by atoms with Gasteiger partial charge in [0, 0.05) is 5.69 Å². The molecule has 1 aromatic heterocycles. The fourth-order valence-electron chi connectivity index (χ4n) is 1.74. The molecule has 0 spiro atoms. The first-order valence-corrected chi connectivity index (χ1v) is 5.92. The third kappa shape index (κ3) is 3.50. The van der Waals surface area contributed by atoms with E-state index in [9.17, 15) is 18.0 Å². The summed E-state index contributed by atoms with van der Waals surface area (Å²) in [4.78, 5) is 14.5. The van der Waals surface area contributed by atoms with Crippen molar-refractivity contribution in [1.29, 1.82) is 0 Å². The quantitative estimate of drug-likeness (QED) is 0.903. The summed E-state index contributed by atoms with van der Waals surface area (Å²) in [5.74, 6) is -1.11. The molecule has 7 heteroatoms. The third-order valence-electron chi connectivity index (χ3n) is 2.78. The summed E-state index contributed by atoms with van der Waals surface area (Å²) in [7, 11) is 0. The average molecular weight is 296 g/mol. The van der Waals surface area contributed by atoms with E-state index >= 15 is 0 Å². The molecule has 1 aromatic carbocycles. The summed E-state index contributed by atoms with van der Waals surface area (Å²) in [6.07, 6.45) is -4.53. The van der Waals surface area contributed by atoms with Crippen LogP contribution in [0.2, 0.25) is 0 Å². The van der Waals surface area contributed by atoms with E-state index in [1.165, 1.54) is 18.2 Å². The molecule has 21 heavy (non-hydrogen) atoms. The van der Waals surface area contributed by atoms with Crippen molar-refractivity contribution in [3.8, 4) is 0 Å². The summed E-state index contributed by atoms with van der Waals surface area (Å²) in [5.41, 5.74) is -0.0279. The largest absolute Gasteiger partial charge is 0.478 e. The maximum Gasteiger partial charge on any atom is 0.433 e. The smallest absolute Gasteiger partial charge is 0.433 e. The van der Waals surface area contributed by atoms with E-state index in [0.717, 1.165) is 6.07 Å². The van der Waals surface area contributed by atoms with Crippen molar-refractivity contribution < 1.29 is 23.1 Å². The average Bonchev–Trinajstić information content (AvgIpc) is 2.40. The van der Waals surface area contributed by atoms with Crippen LogP contribution in [0.5, 0.6) is 0 Å². The van der Waals surface area contributed by atoms with Crippen LogP contribution in [0, 0.1) is 6.92 Å².